The molecule has 2 atom stereocenters. The first-order valence-electron chi connectivity index (χ1n) is 13.0. The number of amides is 3. The molecule has 0 aromatic carbocycles. The SMILES string of the molecule is CCC(=O)N1CCC[C@@H](NC(O)c2sc3nccc4c3c2NC(=O)N4c2cnc(CC(C)C)cc2C)C1. The van der Waals surface area contributed by atoms with Gasteiger partial charge in [0.15, 0.2) is 0 Å². The molecule has 0 radical (unpaired) electrons. The number of aryl methyl sites for hydroxylation is 1. The minimum absolute atomic E-state index is 0.0297. The molecule has 3 amide bonds. The van der Waals surface area contributed by atoms with Crippen molar-refractivity contribution in [1.82, 2.24) is 20.2 Å². The maximum absolute atomic E-state index is 13.5. The third-order valence-corrected chi connectivity index (χ3v) is 8.14. The number of anilines is 3. The molecule has 2 aliphatic rings. The third-order valence-electron chi connectivity index (χ3n) is 6.99. The lowest BCUT2D eigenvalue weighted by atomic mass is 10.0. The number of urea groups is 1. The average molecular weight is 523 g/mol. The second-order valence-corrected chi connectivity index (χ2v) is 11.3. The molecular formula is C27H34N6O3S. The molecule has 1 unspecified atom stereocenters. The minimum atomic E-state index is -0.991. The van der Waals surface area contributed by atoms with Crippen molar-refractivity contribution in [3.63, 3.8) is 0 Å². The number of piperidine rings is 1. The fourth-order valence-corrected chi connectivity index (χ4v) is 6.34. The highest BCUT2D eigenvalue weighted by Gasteiger charge is 2.34. The van der Waals surface area contributed by atoms with E-state index >= 15 is 0 Å². The van der Waals surface area contributed by atoms with E-state index in [1.54, 1.807) is 17.3 Å². The van der Waals surface area contributed by atoms with Gasteiger partial charge in [-0.05, 0) is 49.8 Å². The monoisotopic (exact) mass is 522 g/mol. The van der Waals surface area contributed by atoms with Crippen LogP contribution in [0, 0.1) is 12.8 Å². The Morgan fingerprint density at radius 2 is 2.14 bits per heavy atom. The summed E-state index contributed by atoms with van der Waals surface area (Å²) in [4.78, 5) is 39.6. The van der Waals surface area contributed by atoms with Crippen LogP contribution in [0.3, 0.4) is 0 Å². The van der Waals surface area contributed by atoms with E-state index in [-0.39, 0.29) is 18.0 Å². The number of carbonyl (C=O) groups is 2. The van der Waals surface area contributed by atoms with Crippen LogP contribution in [0.25, 0.3) is 10.2 Å². The van der Waals surface area contributed by atoms with E-state index in [0.29, 0.717) is 29.4 Å². The van der Waals surface area contributed by atoms with Crippen molar-refractivity contribution in [2.75, 3.05) is 23.3 Å². The molecule has 5 heterocycles. The summed E-state index contributed by atoms with van der Waals surface area (Å²) in [5, 5.41) is 18.3. The first-order chi connectivity index (χ1) is 17.8. The third kappa shape index (κ3) is 4.93. The molecule has 0 spiro atoms. The van der Waals surface area contributed by atoms with E-state index in [4.69, 9.17) is 0 Å². The number of nitrogens with one attached hydrogen (secondary N) is 2. The minimum Gasteiger partial charge on any atom is -0.373 e. The zero-order valence-electron chi connectivity index (χ0n) is 21.7. The molecule has 196 valence electrons. The van der Waals surface area contributed by atoms with Crippen molar-refractivity contribution in [3.8, 4) is 0 Å². The van der Waals surface area contributed by atoms with Crippen molar-refractivity contribution >= 4 is 50.6 Å². The van der Waals surface area contributed by atoms with E-state index < -0.39 is 6.23 Å². The fraction of sp³-hybridized carbons (Fsp3) is 0.481. The van der Waals surface area contributed by atoms with Gasteiger partial charge in [-0.2, -0.15) is 0 Å². The normalized spacial score (nSPS) is 18.4. The summed E-state index contributed by atoms with van der Waals surface area (Å²) in [5.74, 6) is 0.618. The van der Waals surface area contributed by atoms with Crippen LogP contribution in [0.15, 0.2) is 24.5 Å². The summed E-state index contributed by atoms with van der Waals surface area (Å²) in [5.41, 5.74) is 4.00. The number of hydrogen-bond acceptors (Lipinski definition) is 7. The van der Waals surface area contributed by atoms with Crippen molar-refractivity contribution in [1.29, 1.82) is 0 Å². The number of likely N-dealkylation sites (tertiary alicyclic amines) is 1. The maximum atomic E-state index is 13.5. The Bertz CT molecular complexity index is 1340. The zero-order valence-corrected chi connectivity index (χ0v) is 22.6. The van der Waals surface area contributed by atoms with Gasteiger partial charge in [0.2, 0.25) is 5.91 Å². The Morgan fingerprint density at radius 1 is 1.32 bits per heavy atom. The van der Waals surface area contributed by atoms with Gasteiger partial charge in [0.1, 0.15) is 11.1 Å². The fourth-order valence-electron chi connectivity index (χ4n) is 5.27. The van der Waals surface area contributed by atoms with E-state index in [1.807, 2.05) is 30.9 Å². The van der Waals surface area contributed by atoms with Crippen LogP contribution in [-0.2, 0) is 11.2 Å². The molecule has 1 saturated heterocycles. The lowest BCUT2D eigenvalue weighted by Gasteiger charge is -2.34. The molecule has 3 aromatic rings. The molecule has 10 heteroatoms. The standard InChI is InChI=1S/C27H34N6O3S/c1-5-21(34)32-10-6-7-17(14-32)30-25(35)24-23-22-19(8-9-28-26(22)37-24)33(27(36)31-23)20-13-29-18(11-15(2)3)12-16(20)4/h8-9,12-13,15,17,25,30,35H,5-7,10-11,14H2,1-4H3,(H,31,36)/t17-,25?/m1/s1. The maximum Gasteiger partial charge on any atom is 0.331 e. The van der Waals surface area contributed by atoms with Gasteiger partial charge in [-0.1, -0.05) is 20.8 Å². The molecular weight excluding hydrogens is 488 g/mol. The zero-order chi connectivity index (χ0) is 26.3. The molecule has 9 nitrogen and oxygen atoms in total. The Labute approximate surface area is 220 Å². The highest BCUT2D eigenvalue weighted by atomic mass is 32.1. The highest BCUT2D eigenvalue weighted by Crippen LogP contribution is 2.47. The number of aliphatic hydroxyl groups excluding tert-OH is 1. The van der Waals surface area contributed by atoms with E-state index in [2.05, 4.69) is 34.4 Å². The van der Waals surface area contributed by atoms with Gasteiger partial charge >= 0.3 is 6.03 Å². The second kappa shape index (κ2) is 10.4. The van der Waals surface area contributed by atoms with E-state index in [0.717, 1.165) is 58.7 Å². The topological polar surface area (TPSA) is 111 Å². The van der Waals surface area contributed by atoms with Crippen LogP contribution < -0.4 is 15.5 Å². The summed E-state index contributed by atoms with van der Waals surface area (Å²) in [6.45, 7) is 9.48. The summed E-state index contributed by atoms with van der Waals surface area (Å²) in [6.07, 6.45) is 5.57. The van der Waals surface area contributed by atoms with Crippen molar-refractivity contribution in [2.24, 2.45) is 5.92 Å². The van der Waals surface area contributed by atoms with Gasteiger partial charge in [-0.25, -0.2) is 9.78 Å². The Morgan fingerprint density at radius 3 is 2.86 bits per heavy atom. The van der Waals surface area contributed by atoms with Crippen LogP contribution in [-0.4, -0.2) is 51.0 Å². The molecule has 0 saturated carbocycles. The predicted octanol–water partition coefficient (Wildman–Crippen LogP) is 4.86. The van der Waals surface area contributed by atoms with Gasteiger partial charge in [0, 0.05) is 37.4 Å². The number of hydrogen-bond donors (Lipinski definition) is 3. The first-order valence-corrected chi connectivity index (χ1v) is 13.8. The molecule has 3 aromatic heterocycles. The number of pyridine rings is 2. The van der Waals surface area contributed by atoms with Crippen LogP contribution in [0.1, 0.15) is 62.4 Å². The van der Waals surface area contributed by atoms with E-state index in [9.17, 15) is 14.7 Å². The Hall–Kier alpha value is -3.08. The largest absolute Gasteiger partial charge is 0.373 e. The lowest BCUT2D eigenvalue weighted by Crippen LogP contribution is -2.48. The number of nitrogens with zero attached hydrogens (tertiary/aromatic N) is 4. The first kappa shape index (κ1) is 25.6. The van der Waals surface area contributed by atoms with Gasteiger partial charge in [0.25, 0.3) is 0 Å². The predicted molar refractivity (Wildman–Crippen MR) is 146 cm³/mol. The molecule has 37 heavy (non-hydrogen) atoms. The number of carbonyl (C=O) groups excluding carboxylic acids is 2. The van der Waals surface area contributed by atoms with Crippen molar-refractivity contribution in [3.05, 3.63) is 40.7 Å². The average Bonchev–Trinajstić information content (AvgIpc) is 3.24. The van der Waals surface area contributed by atoms with Crippen LogP contribution >= 0.6 is 11.3 Å². The van der Waals surface area contributed by atoms with Crippen LogP contribution in [0.5, 0.6) is 0 Å². The Balaban J connectivity index is 1.45. The second-order valence-electron chi connectivity index (χ2n) is 10.3. The molecule has 5 rings (SSSR count). The summed E-state index contributed by atoms with van der Waals surface area (Å²) in [7, 11) is 0. The van der Waals surface area contributed by atoms with Gasteiger partial charge in [0.05, 0.1) is 33.5 Å². The van der Waals surface area contributed by atoms with Gasteiger partial charge < -0.3 is 15.3 Å². The molecule has 2 aliphatic heterocycles. The van der Waals surface area contributed by atoms with Crippen molar-refractivity contribution in [2.45, 2.75) is 65.6 Å². The quantitative estimate of drug-likeness (QED) is 0.382. The van der Waals surface area contributed by atoms with Gasteiger partial charge in [-0.3, -0.25) is 20.0 Å². The number of aliphatic hydroxyl groups is 1. The number of thiophene rings is 1. The van der Waals surface area contributed by atoms with Crippen LogP contribution in [0.4, 0.5) is 21.9 Å². The molecule has 3 N–H and O–H groups in total. The Kier molecular flexibility index (Phi) is 7.15. The number of rotatable bonds is 7. The summed E-state index contributed by atoms with van der Waals surface area (Å²) >= 11 is 1.36. The smallest absolute Gasteiger partial charge is 0.331 e. The van der Waals surface area contributed by atoms with E-state index in [1.165, 1.54) is 11.3 Å². The molecule has 0 bridgehead atoms. The van der Waals surface area contributed by atoms with Crippen molar-refractivity contribution < 1.29 is 14.7 Å². The lowest BCUT2D eigenvalue weighted by molar-refractivity contribution is -0.132. The number of aromatic nitrogens is 2. The van der Waals surface area contributed by atoms with Crippen LogP contribution in [0.2, 0.25) is 0 Å². The van der Waals surface area contributed by atoms with Gasteiger partial charge in [-0.15, -0.1) is 11.3 Å². The highest BCUT2D eigenvalue weighted by molar-refractivity contribution is 7.19. The summed E-state index contributed by atoms with van der Waals surface area (Å²) < 4.78 is 0. The molecule has 0 aliphatic carbocycles. The molecule has 1 fully saturated rings. The summed E-state index contributed by atoms with van der Waals surface area (Å²) in [6, 6.07) is 3.54.